The average molecular weight is 347 g/mol. The van der Waals surface area contributed by atoms with Crippen molar-refractivity contribution in [3.63, 3.8) is 0 Å². The highest BCUT2D eigenvalue weighted by Gasteiger charge is 2.26. The Balaban J connectivity index is 1.44. The largest absolute Gasteiger partial charge is 0.351 e. The van der Waals surface area contributed by atoms with Gasteiger partial charge in [0.1, 0.15) is 0 Å². The van der Waals surface area contributed by atoms with Gasteiger partial charge in [-0.15, -0.1) is 11.3 Å². The summed E-state index contributed by atoms with van der Waals surface area (Å²) in [7, 11) is 0. The zero-order valence-electron chi connectivity index (χ0n) is 14.5. The first-order chi connectivity index (χ1) is 11.8. The maximum atomic E-state index is 12.0. The van der Waals surface area contributed by atoms with Crippen LogP contribution in [-0.4, -0.2) is 37.1 Å². The Bertz CT molecular complexity index is 628. The first-order valence-corrected chi connectivity index (χ1v) is 10.0. The molecule has 1 aliphatic heterocycles. The number of carbonyl (C=O) groups is 1. The van der Waals surface area contributed by atoms with Gasteiger partial charge in [-0.25, -0.2) is 4.98 Å². The number of unbranched alkanes of at least 4 members (excludes halogenated alkanes) is 2. The van der Waals surface area contributed by atoms with Crippen molar-refractivity contribution < 1.29 is 9.69 Å². The lowest BCUT2D eigenvalue weighted by molar-refractivity contribution is -0.897. The summed E-state index contributed by atoms with van der Waals surface area (Å²) in [6, 6.07) is 8.38. The number of nitrogens with one attached hydrogen (secondary N) is 2. The monoisotopic (exact) mass is 346 g/mol. The Hall–Kier alpha value is -1.46. The second-order valence-corrected chi connectivity index (χ2v) is 7.84. The highest BCUT2D eigenvalue weighted by atomic mass is 32.1. The Morgan fingerprint density at radius 1 is 1.29 bits per heavy atom. The van der Waals surface area contributed by atoms with E-state index in [-0.39, 0.29) is 5.91 Å². The minimum atomic E-state index is 0.208. The zero-order valence-corrected chi connectivity index (χ0v) is 15.3. The third-order valence-electron chi connectivity index (χ3n) is 4.87. The number of carbonyl (C=O) groups excluding carboxylic acids is 1. The number of hydrogen-bond donors (Lipinski definition) is 2. The second-order valence-electron chi connectivity index (χ2n) is 6.78. The molecule has 130 valence electrons. The molecule has 3 rings (SSSR count). The van der Waals surface area contributed by atoms with Gasteiger partial charge in [0.2, 0.25) is 0 Å². The van der Waals surface area contributed by atoms with Gasteiger partial charge in [-0.3, -0.25) is 4.79 Å². The van der Waals surface area contributed by atoms with Gasteiger partial charge in [-0.05, 0) is 18.6 Å². The summed E-state index contributed by atoms with van der Waals surface area (Å²) in [4.78, 5) is 18.2. The molecule has 0 radical (unpaired) electrons. The van der Waals surface area contributed by atoms with Crippen LogP contribution in [-0.2, 0) is 4.79 Å². The van der Waals surface area contributed by atoms with Crippen molar-refractivity contribution in [2.75, 3.05) is 26.2 Å². The molecule has 2 aromatic rings. The summed E-state index contributed by atoms with van der Waals surface area (Å²) in [5.74, 6) is 0.776. The van der Waals surface area contributed by atoms with Crippen molar-refractivity contribution in [3.8, 4) is 0 Å². The van der Waals surface area contributed by atoms with Crippen molar-refractivity contribution in [3.05, 3.63) is 29.3 Å². The van der Waals surface area contributed by atoms with Gasteiger partial charge >= 0.3 is 0 Å². The van der Waals surface area contributed by atoms with E-state index in [0.29, 0.717) is 12.5 Å². The summed E-state index contributed by atoms with van der Waals surface area (Å²) in [6.45, 7) is 5.78. The summed E-state index contributed by atoms with van der Waals surface area (Å²) in [5, 5.41) is 4.33. The fourth-order valence-corrected chi connectivity index (χ4v) is 4.54. The van der Waals surface area contributed by atoms with E-state index >= 15 is 0 Å². The first-order valence-electron chi connectivity index (χ1n) is 9.22. The van der Waals surface area contributed by atoms with Crippen LogP contribution in [0.25, 0.3) is 10.2 Å². The number of rotatable bonds is 7. The summed E-state index contributed by atoms with van der Waals surface area (Å²) in [6.07, 6.45) is 5.76. The second kappa shape index (κ2) is 8.58. The molecule has 5 heteroatoms. The number of thiazole rings is 1. The summed E-state index contributed by atoms with van der Waals surface area (Å²) < 4.78 is 1.29. The van der Waals surface area contributed by atoms with Crippen LogP contribution in [0.1, 0.15) is 50.0 Å². The number of quaternary nitrogens is 1. The predicted molar refractivity (Wildman–Crippen MR) is 99.7 cm³/mol. The number of likely N-dealkylation sites (tertiary alicyclic amines) is 1. The van der Waals surface area contributed by atoms with Crippen LogP contribution < -0.4 is 10.2 Å². The van der Waals surface area contributed by atoms with Crippen LogP contribution >= 0.6 is 11.3 Å². The quantitative estimate of drug-likeness (QED) is 0.756. The van der Waals surface area contributed by atoms with Crippen molar-refractivity contribution >= 4 is 27.5 Å². The van der Waals surface area contributed by atoms with Crippen LogP contribution in [0.15, 0.2) is 24.3 Å². The summed E-state index contributed by atoms with van der Waals surface area (Å²) in [5.41, 5.74) is 1.12. The highest BCUT2D eigenvalue weighted by molar-refractivity contribution is 7.18. The van der Waals surface area contributed by atoms with Crippen molar-refractivity contribution in [2.24, 2.45) is 0 Å². The van der Waals surface area contributed by atoms with E-state index in [1.165, 1.54) is 27.4 Å². The third-order valence-corrected chi connectivity index (χ3v) is 6.06. The van der Waals surface area contributed by atoms with Gasteiger partial charge in [0.15, 0.2) is 6.54 Å². The minimum absolute atomic E-state index is 0.208. The number of aromatic nitrogens is 1. The number of fused-ring (bicyclic) bond motifs is 1. The van der Waals surface area contributed by atoms with Gasteiger partial charge in [0, 0.05) is 25.3 Å². The molecule has 2 heterocycles. The van der Waals surface area contributed by atoms with Gasteiger partial charge in [0.25, 0.3) is 5.91 Å². The Kier molecular flexibility index (Phi) is 6.21. The van der Waals surface area contributed by atoms with E-state index in [1.807, 2.05) is 11.3 Å². The lowest BCUT2D eigenvalue weighted by Gasteiger charge is -2.27. The molecule has 0 aliphatic carbocycles. The van der Waals surface area contributed by atoms with Crippen LogP contribution in [0, 0.1) is 0 Å². The molecule has 24 heavy (non-hydrogen) atoms. The van der Waals surface area contributed by atoms with Crippen molar-refractivity contribution in [2.45, 2.75) is 44.9 Å². The lowest BCUT2D eigenvalue weighted by Crippen LogP contribution is -3.14. The van der Waals surface area contributed by atoms with Crippen LogP contribution in [0.2, 0.25) is 0 Å². The van der Waals surface area contributed by atoms with Crippen molar-refractivity contribution in [1.29, 1.82) is 0 Å². The Labute approximate surface area is 148 Å². The molecule has 2 N–H and O–H groups in total. The topological polar surface area (TPSA) is 46.4 Å². The first kappa shape index (κ1) is 17.4. The van der Waals surface area contributed by atoms with Crippen LogP contribution in [0.3, 0.4) is 0 Å². The molecular formula is C19H28N3OS+. The zero-order chi connectivity index (χ0) is 16.8. The standard InChI is InChI=1S/C19H27N3OS/c1-2-3-6-11-20-18(23)14-22-12-9-15(10-13-22)19-21-16-7-4-5-8-17(16)24-19/h4-5,7-8,15H,2-3,6,9-14H2,1H3,(H,20,23)/p+1. The van der Waals surface area contributed by atoms with E-state index in [4.69, 9.17) is 4.98 Å². The van der Waals surface area contributed by atoms with E-state index in [9.17, 15) is 4.79 Å². The molecule has 1 aliphatic rings. The van der Waals surface area contributed by atoms with Gasteiger partial charge in [-0.2, -0.15) is 0 Å². The van der Waals surface area contributed by atoms with E-state index in [1.54, 1.807) is 0 Å². The van der Waals surface area contributed by atoms with E-state index < -0.39 is 0 Å². The maximum absolute atomic E-state index is 12.0. The number of para-hydroxylation sites is 1. The summed E-state index contributed by atoms with van der Waals surface area (Å²) >= 11 is 1.83. The van der Waals surface area contributed by atoms with Crippen LogP contribution in [0.4, 0.5) is 0 Å². The highest BCUT2D eigenvalue weighted by Crippen LogP contribution is 2.31. The number of nitrogens with zero attached hydrogens (tertiary/aromatic N) is 1. The number of amides is 1. The fraction of sp³-hybridized carbons (Fsp3) is 0.579. The molecule has 1 aromatic heterocycles. The maximum Gasteiger partial charge on any atom is 0.275 e. The molecule has 0 atom stereocenters. The van der Waals surface area contributed by atoms with Crippen molar-refractivity contribution in [1.82, 2.24) is 10.3 Å². The lowest BCUT2D eigenvalue weighted by atomic mass is 9.97. The van der Waals surface area contributed by atoms with E-state index in [2.05, 4.69) is 36.5 Å². The predicted octanol–water partition coefficient (Wildman–Crippen LogP) is 2.37. The molecule has 0 bridgehead atoms. The van der Waals surface area contributed by atoms with Gasteiger partial charge < -0.3 is 10.2 Å². The normalized spacial score (nSPS) is 21.0. The molecule has 0 saturated carbocycles. The Morgan fingerprint density at radius 2 is 2.08 bits per heavy atom. The number of benzene rings is 1. The molecule has 0 unspecified atom stereocenters. The smallest absolute Gasteiger partial charge is 0.275 e. The molecule has 1 saturated heterocycles. The van der Waals surface area contributed by atoms with Gasteiger partial charge in [0.05, 0.1) is 28.3 Å². The van der Waals surface area contributed by atoms with E-state index in [0.717, 1.165) is 44.4 Å². The molecule has 1 fully saturated rings. The number of hydrogen-bond acceptors (Lipinski definition) is 3. The molecular weight excluding hydrogens is 318 g/mol. The molecule has 1 aromatic carbocycles. The Morgan fingerprint density at radius 3 is 2.83 bits per heavy atom. The van der Waals surface area contributed by atoms with Gasteiger partial charge in [-0.1, -0.05) is 31.9 Å². The van der Waals surface area contributed by atoms with Crippen LogP contribution in [0.5, 0.6) is 0 Å². The molecule has 1 amide bonds. The number of piperidine rings is 1. The third kappa shape index (κ3) is 4.54. The SMILES string of the molecule is CCCCCNC(=O)C[NH+]1CCC(c2nc3ccccc3s2)CC1. The molecule has 0 spiro atoms. The molecule has 4 nitrogen and oxygen atoms in total. The average Bonchev–Trinajstić information content (AvgIpc) is 3.03. The fourth-order valence-electron chi connectivity index (χ4n) is 3.41. The minimum Gasteiger partial charge on any atom is -0.351 e.